The molecule has 0 aliphatic carbocycles. The number of hydrogen-bond acceptors (Lipinski definition) is 4. The Morgan fingerprint density at radius 1 is 1.04 bits per heavy atom. The van der Waals surface area contributed by atoms with E-state index in [4.69, 9.17) is 14.6 Å². The molecule has 0 atom stereocenters. The molecule has 0 aromatic heterocycles. The maximum absolute atomic E-state index is 12.6. The first-order valence-corrected chi connectivity index (χ1v) is 8.63. The van der Waals surface area contributed by atoms with E-state index in [9.17, 15) is 9.59 Å². The third-order valence-corrected chi connectivity index (χ3v) is 3.75. The summed E-state index contributed by atoms with van der Waals surface area (Å²) in [4.78, 5) is 23.3. The molecular formula is C22H22O5. The van der Waals surface area contributed by atoms with Crippen molar-refractivity contribution in [1.82, 2.24) is 0 Å². The van der Waals surface area contributed by atoms with Crippen LogP contribution in [0.25, 0.3) is 6.08 Å². The molecule has 0 saturated heterocycles. The molecule has 0 spiro atoms. The fraction of sp³-hybridized carbons (Fsp3) is 0.182. The van der Waals surface area contributed by atoms with Crippen LogP contribution in [-0.4, -0.2) is 23.5 Å². The summed E-state index contributed by atoms with van der Waals surface area (Å²) < 4.78 is 11.1. The summed E-state index contributed by atoms with van der Waals surface area (Å²) in [6.45, 7) is 3.41. The highest BCUT2D eigenvalue weighted by atomic mass is 16.5. The molecule has 2 aromatic carbocycles. The molecule has 2 aromatic rings. The lowest BCUT2D eigenvalue weighted by Gasteiger charge is -2.10. The van der Waals surface area contributed by atoms with Gasteiger partial charge < -0.3 is 14.6 Å². The average Bonchev–Trinajstić information content (AvgIpc) is 2.69. The largest absolute Gasteiger partial charge is 0.481 e. The monoisotopic (exact) mass is 366 g/mol. The Bertz CT molecular complexity index is 865. The molecule has 0 aliphatic rings. The van der Waals surface area contributed by atoms with E-state index in [2.05, 4.69) is 0 Å². The minimum absolute atomic E-state index is 0.237. The van der Waals surface area contributed by atoms with E-state index in [1.807, 2.05) is 44.2 Å². The highest BCUT2D eigenvalue weighted by molar-refractivity contribution is 6.08. The zero-order valence-electron chi connectivity index (χ0n) is 15.3. The highest BCUT2D eigenvalue weighted by Gasteiger charge is 2.11. The van der Waals surface area contributed by atoms with Crippen LogP contribution in [0.2, 0.25) is 0 Å². The van der Waals surface area contributed by atoms with E-state index in [1.165, 1.54) is 6.08 Å². The Kier molecular flexibility index (Phi) is 7.37. The molecule has 0 aliphatic heterocycles. The standard InChI is InChI=1S/C22H22O5/c1-3-17(4-2)27-20-11-7-5-9-16(20)13-14-19(23)18-10-6-8-12-21(18)26-15-22(24)25/h3,5-14H,4,15H2,1-2H3,(H,24,25). The highest BCUT2D eigenvalue weighted by Crippen LogP contribution is 2.24. The maximum atomic E-state index is 12.6. The van der Waals surface area contributed by atoms with Crippen LogP contribution in [0.4, 0.5) is 0 Å². The van der Waals surface area contributed by atoms with E-state index in [-0.39, 0.29) is 11.5 Å². The second kappa shape index (κ2) is 9.97. The molecule has 0 saturated carbocycles. The van der Waals surface area contributed by atoms with Gasteiger partial charge in [-0.25, -0.2) is 4.79 Å². The van der Waals surface area contributed by atoms with Gasteiger partial charge in [-0.1, -0.05) is 37.3 Å². The molecular weight excluding hydrogens is 344 g/mol. The number of ketones is 1. The van der Waals surface area contributed by atoms with Crippen molar-refractivity contribution in [3.8, 4) is 11.5 Å². The summed E-state index contributed by atoms with van der Waals surface area (Å²) in [5.41, 5.74) is 1.07. The van der Waals surface area contributed by atoms with Gasteiger partial charge in [0, 0.05) is 12.0 Å². The number of para-hydroxylation sites is 2. The van der Waals surface area contributed by atoms with Gasteiger partial charge in [0.2, 0.25) is 0 Å². The number of carboxylic acids is 1. The van der Waals surface area contributed by atoms with Gasteiger partial charge in [-0.05, 0) is 43.4 Å². The number of carboxylic acid groups (broad SMARTS) is 1. The molecule has 140 valence electrons. The van der Waals surface area contributed by atoms with Gasteiger partial charge in [-0.3, -0.25) is 4.79 Å². The fourth-order valence-corrected chi connectivity index (χ4v) is 2.38. The summed E-state index contributed by atoms with van der Waals surface area (Å²) in [7, 11) is 0. The van der Waals surface area contributed by atoms with E-state index in [0.717, 1.165) is 17.7 Å². The third kappa shape index (κ3) is 5.85. The molecule has 0 amide bonds. The van der Waals surface area contributed by atoms with Crippen molar-refractivity contribution in [1.29, 1.82) is 0 Å². The molecule has 0 heterocycles. The van der Waals surface area contributed by atoms with Gasteiger partial charge >= 0.3 is 5.97 Å². The first kappa shape index (κ1) is 20.0. The van der Waals surface area contributed by atoms with Crippen LogP contribution in [0.3, 0.4) is 0 Å². The summed E-state index contributed by atoms with van der Waals surface area (Å²) in [6.07, 6.45) is 5.77. The Hall–Kier alpha value is -3.34. The average molecular weight is 366 g/mol. The van der Waals surface area contributed by atoms with Crippen molar-refractivity contribution in [3.05, 3.63) is 77.6 Å². The number of rotatable bonds is 9. The second-order valence-electron chi connectivity index (χ2n) is 5.62. The van der Waals surface area contributed by atoms with Gasteiger partial charge in [0.1, 0.15) is 11.5 Å². The van der Waals surface area contributed by atoms with E-state index in [0.29, 0.717) is 11.3 Å². The summed E-state index contributed by atoms with van der Waals surface area (Å²) in [5.74, 6) is 0.352. The SMILES string of the molecule is CC=C(CC)Oc1ccccc1C=CC(=O)c1ccccc1OCC(=O)O. The molecule has 0 bridgehead atoms. The van der Waals surface area contributed by atoms with Crippen molar-refractivity contribution >= 4 is 17.8 Å². The number of benzene rings is 2. The van der Waals surface area contributed by atoms with Crippen LogP contribution >= 0.6 is 0 Å². The van der Waals surface area contributed by atoms with Gasteiger partial charge in [0.05, 0.1) is 11.3 Å². The molecule has 27 heavy (non-hydrogen) atoms. The minimum atomic E-state index is -1.10. The quantitative estimate of drug-likeness (QED) is 0.394. The predicted octanol–water partition coefficient (Wildman–Crippen LogP) is 4.74. The topological polar surface area (TPSA) is 72.8 Å². The molecule has 1 N–H and O–H groups in total. The lowest BCUT2D eigenvalue weighted by atomic mass is 10.1. The van der Waals surface area contributed by atoms with Gasteiger partial charge in [0.25, 0.3) is 0 Å². The Morgan fingerprint density at radius 3 is 2.37 bits per heavy atom. The molecule has 0 radical (unpaired) electrons. The lowest BCUT2D eigenvalue weighted by molar-refractivity contribution is -0.139. The molecule has 0 fully saturated rings. The van der Waals surface area contributed by atoms with Crippen LogP contribution in [-0.2, 0) is 4.79 Å². The zero-order chi connectivity index (χ0) is 19.6. The molecule has 5 nitrogen and oxygen atoms in total. The number of allylic oxidation sites excluding steroid dienone is 3. The van der Waals surface area contributed by atoms with Gasteiger partial charge in [0.15, 0.2) is 12.4 Å². The number of hydrogen-bond donors (Lipinski definition) is 1. The first-order valence-electron chi connectivity index (χ1n) is 8.63. The van der Waals surface area contributed by atoms with Crippen molar-refractivity contribution < 1.29 is 24.2 Å². The normalized spacial score (nSPS) is 11.4. The number of carbonyl (C=O) groups excluding carboxylic acids is 1. The van der Waals surface area contributed by atoms with Crippen LogP contribution in [0.5, 0.6) is 11.5 Å². The smallest absolute Gasteiger partial charge is 0.341 e. The number of aliphatic carboxylic acids is 1. The number of carbonyl (C=O) groups is 2. The van der Waals surface area contributed by atoms with Crippen molar-refractivity contribution in [3.63, 3.8) is 0 Å². The van der Waals surface area contributed by atoms with Crippen LogP contribution in [0.1, 0.15) is 36.2 Å². The molecule has 2 rings (SSSR count). The summed E-state index contributed by atoms with van der Waals surface area (Å²) in [5, 5.41) is 8.76. The number of ether oxygens (including phenoxy) is 2. The zero-order valence-corrected chi connectivity index (χ0v) is 15.3. The first-order chi connectivity index (χ1) is 13.0. The summed E-state index contributed by atoms with van der Waals surface area (Å²) in [6, 6.07) is 14.0. The molecule has 5 heteroatoms. The lowest BCUT2D eigenvalue weighted by Crippen LogP contribution is -2.11. The Labute approximate surface area is 158 Å². The van der Waals surface area contributed by atoms with Crippen LogP contribution in [0.15, 0.2) is 66.4 Å². The Balaban J connectivity index is 2.22. The maximum Gasteiger partial charge on any atom is 0.341 e. The fourth-order valence-electron chi connectivity index (χ4n) is 2.38. The van der Waals surface area contributed by atoms with Gasteiger partial charge in [-0.2, -0.15) is 0 Å². The van der Waals surface area contributed by atoms with Crippen LogP contribution < -0.4 is 9.47 Å². The van der Waals surface area contributed by atoms with Crippen LogP contribution in [0, 0.1) is 0 Å². The third-order valence-electron chi connectivity index (χ3n) is 3.75. The molecule has 0 unspecified atom stereocenters. The predicted molar refractivity (Wildman–Crippen MR) is 104 cm³/mol. The van der Waals surface area contributed by atoms with E-state index < -0.39 is 12.6 Å². The van der Waals surface area contributed by atoms with E-state index in [1.54, 1.807) is 30.3 Å². The minimum Gasteiger partial charge on any atom is -0.481 e. The van der Waals surface area contributed by atoms with E-state index >= 15 is 0 Å². The van der Waals surface area contributed by atoms with Gasteiger partial charge in [-0.15, -0.1) is 0 Å². The van der Waals surface area contributed by atoms with Crippen molar-refractivity contribution in [2.45, 2.75) is 20.3 Å². The summed E-state index contributed by atoms with van der Waals surface area (Å²) >= 11 is 0. The Morgan fingerprint density at radius 2 is 1.70 bits per heavy atom. The second-order valence-corrected chi connectivity index (χ2v) is 5.62. The van der Waals surface area contributed by atoms with Crippen molar-refractivity contribution in [2.24, 2.45) is 0 Å². The van der Waals surface area contributed by atoms with Crippen molar-refractivity contribution in [2.75, 3.05) is 6.61 Å².